The summed E-state index contributed by atoms with van der Waals surface area (Å²) in [5, 5.41) is 89.9. The van der Waals surface area contributed by atoms with E-state index in [1.54, 1.807) is 23.7 Å². The maximum Gasteiger partial charge on any atom is 0.511 e. The molecule has 0 saturated carbocycles. The molecule has 85 heavy (non-hydrogen) atoms. The SMILES string of the molecule is CC[C@@H]([C@H](C)OC(=O)OC(C)OC(=O)CN(C)C(=O)[C@H](O)[C@@H](O)[C@H](O[C@@H]1O[C@H](CO)[C@H](O)[C@H](O)[C@H]1O)[C@H](O)CO)n1ncn(-c2ccc(N3CCN(c4ccc(OC[C@@H]5CO[C@@](Cn6cncn6)(c6ccc(F)cc6F)C5)cc4)CC3)cc2)c1=O. The molecule has 8 rings (SSSR count). The van der Waals surface area contributed by atoms with Gasteiger partial charge in [-0.15, -0.1) is 0 Å². The second-order valence-corrected chi connectivity index (χ2v) is 21.0. The zero-order chi connectivity index (χ0) is 61.3. The number of anilines is 2. The van der Waals surface area contributed by atoms with E-state index < -0.39 is 134 Å². The van der Waals surface area contributed by atoms with Crippen molar-refractivity contribution in [3.63, 3.8) is 0 Å². The van der Waals surface area contributed by atoms with Crippen LogP contribution < -0.4 is 20.2 Å². The number of hydrogen-bond donors (Lipinski definition) is 8. The van der Waals surface area contributed by atoms with Gasteiger partial charge in [-0.25, -0.2) is 37.3 Å². The first-order valence-corrected chi connectivity index (χ1v) is 27.5. The third kappa shape index (κ3) is 15.1. The zero-order valence-electron chi connectivity index (χ0n) is 46.9. The average molecular weight is 1200 g/mol. The Hall–Kier alpha value is -7.23. The lowest BCUT2D eigenvalue weighted by Gasteiger charge is -2.42. The molecular formula is C55H71F2N9O19. The Balaban J connectivity index is 0.766. The fraction of sp³-hybridized carbons (Fsp3) is 0.545. The Morgan fingerprint density at radius 3 is 2.12 bits per heavy atom. The highest BCUT2D eigenvalue weighted by atomic mass is 19.1. The molecule has 3 aliphatic heterocycles. The molecule has 14 atom stereocenters. The summed E-state index contributed by atoms with van der Waals surface area (Å²) in [6, 6.07) is 18.0. The number of aliphatic hydroxyl groups excluding tert-OH is 8. The second kappa shape index (κ2) is 28.3. The summed E-state index contributed by atoms with van der Waals surface area (Å²) in [4.78, 5) is 61.6. The maximum absolute atomic E-state index is 15.1. The number of piperazine rings is 1. The summed E-state index contributed by atoms with van der Waals surface area (Å²) < 4.78 is 71.6. The molecule has 5 aromatic rings. The molecule has 3 aliphatic rings. The Morgan fingerprint density at radius 1 is 0.847 bits per heavy atom. The van der Waals surface area contributed by atoms with E-state index in [1.165, 1.54) is 54.2 Å². The van der Waals surface area contributed by atoms with Crippen LogP contribution in [0.25, 0.3) is 5.69 Å². The van der Waals surface area contributed by atoms with E-state index >= 15 is 4.39 Å². The molecule has 3 fully saturated rings. The summed E-state index contributed by atoms with van der Waals surface area (Å²) >= 11 is 0. The normalized spacial score (nSPS) is 24.2. The number of carbonyl (C=O) groups excluding carboxylic acids is 3. The summed E-state index contributed by atoms with van der Waals surface area (Å²) in [6.45, 7) is 5.34. The van der Waals surface area contributed by atoms with Crippen LogP contribution in [0, 0.1) is 17.6 Å². The first-order valence-electron chi connectivity index (χ1n) is 27.5. The van der Waals surface area contributed by atoms with Crippen molar-refractivity contribution in [2.75, 3.05) is 76.0 Å². The molecule has 8 N–H and O–H groups in total. The Kier molecular flexibility index (Phi) is 21.2. The number of likely N-dealkylation sites (N-methyl/N-ethyl adjacent to an activating group) is 1. The van der Waals surface area contributed by atoms with Crippen LogP contribution in [0.4, 0.5) is 25.0 Å². The predicted octanol–water partition coefficient (Wildman–Crippen LogP) is -0.658. The molecule has 30 heteroatoms. The van der Waals surface area contributed by atoms with Gasteiger partial charge in [0.15, 0.2) is 12.4 Å². The predicted molar refractivity (Wildman–Crippen MR) is 290 cm³/mol. The molecule has 0 bridgehead atoms. The van der Waals surface area contributed by atoms with Crippen molar-refractivity contribution in [3.8, 4) is 11.4 Å². The van der Waals surface area contributed by atoms with Gasteiger partial charge in [-0.05, 0) is 74.4 Å². The van der Waals surface area contributed by atoms with Crippen molar-refractivity contribution in [1.29, 1.82) is 0 Å². The van der Waals surface area contributed by atoms with Crippen LogP contribution in [0.1, 0.15) is 45.2 Å². The third-order valence-corrected chi connectivity index (χ3v) is 15.2. The molecule has 464 valence electrons. The number of nitrogens with zero attached hydrogens (tertiary/aromatic N) is 9. The number of halogens is 2. The third-order valence-electron chi connectivity index (χ3n) is 15.2. The molecule has 1 unspecified atom stereocenters. The highest BCUT2D eigenvalue weighted by Gasteiger charge is 2.48. The highest BCUT2D eigenvalue weighted by Crippen LogP contribution is 2.42. The largest absolute Gasteiger partial charge is 0.511 e. The van der Waals surface area contributed by atoms with E-state index in [0.29, 0.717) is 36.0 Å². The minimum absolute atomic E-state index is 0.0780. The first kappa shape index (κ1) is 63.8. The van der Waals surface area contributed by atoms with Crippen LogP contribution in [-0.4, -0.2) is 227 Å². The number of ether oxygens (including phenoxy) is 7. The molecule has 3 saturated heterocycles. The van der Waals surface area contributed by atoms with Crippen LogP contribution in [0.5, 0.6) is 5.75 Å². The topological polar surface area (TPSA) is 358 Å². The first-order chi connectivity index (χ1) is 40.6. The molecule has 0 aliphatic carbocycles. The standard InChI is InChI=1S/C55H71F2N9O19/c1-5-41(31(2)81-54(78)83-32(3)82-44(70)22-61(4)51(76)48(74)47(73)50(42(69)23-67)85-52-49(75)46(72)45(71)43(24-68)84-52)66-53(77)65(30-60-66)37-9-7-35(8-10-37)62-16-18-63(19-17-62)36-11-13-38(14-12-36)79-25-33-21-55(80-26-33,27-64-29-58-28-59-64)39-15-6-34(56)20-40(39)57/h6-15,20,28-33,41-43,45-50,52,67-69,71-75H,5,16-19,21-27H2,1-4H3/t31-,32?,33+,41-,42+,43+,45-,46-,47+,48+,49+,50+,52-,55-/m0/s1. The van der Waals surface area contributed by atoms with Gasteiger partial charge in [-0.1, -0.05) is 13.0 Å². The summed E-state index contributed by atoms with van der Waals surface area (Å²) in [7, 11) is 1.03. The van der Waals surface area contributed by atoms with Crippen LogP contribution >= 0.6 is 0 Å². The van der Waals surface area contributed by atoms with Gasteiger partial charge in [0.25, 0.3) is 5.91 Å². The lowest BCUT2D eigenvalue weighted by molar-refractivity contribution is -0.326. The van der Waals surface area contributed by atoms with Gasteiger partial charge in [0.05, 0.1) is 44.7 Å². The summed E-state index contributed by atoms with van der Waals surface area (Å²) in [5.74, 6) is -3.26. The molecule has 3 aromatic carbocycles. The maximum atomic E-state index is 15.1. The van der Waals surface area contributed by atoms with Crippen LogP contribution in [0.3, 0.4) is 0 Å². The van der Waals surface area contributed by atoms with Gasteiger partial charge in [-0.3, -0.25) is 9.59 Å². The number of hydrogen-bond acceptors (Lipinski definition) is 24. The van der Waals surface area contributed by atoms with E-state index in [-0.39, 0.29) is 24.4 Å². The van der Waals surface area contributed by atoms with Crippen molar-refractivity contribution >= 4 is 29.4 Å². The van der Waals surface area contributed by atoms with Gasteiger partial charge in [-0.2, -0.15) is 10.2 Å². The Bertz CT molecular complexity index is 3040. The fourth-order valence-electron chi connectivity index (χ4n) is 10.5. The number of rotatable bonds is 25. The highest BCUT2D eigenvalue weighted by molar-refractivity contribution is 5.85. The summed E-state index contributed by atoms with van der Waals surface area (Å²) in [6.07, 6.45) is -17.0. The smallest absolute Gasteiger partial charge is 0.493 e. The molecule has 28 nitrogen and oxygen atoms in total. The summed E-state index contributed by atoms with van der Waals surface area (Å²) in [5.41, 5.74) is 1.17. The van der Waals surface area contributed by atoms with Crippen molar-refractivity contribution in [1.82, 2.24) is 34.0 Å². The van der Waals surface area contributed by atoms with E-state index in [4.69, 9.17) is 33.2 Å². The molecule has 0 spiro atoms. The number of benzene rings is 3. The molecule has 2 aromatic heterocycles. The monoisotopic (exact) mass is 1200 g/mol. The molecule has 1 amide bonds. The van der Waals surface area contributed by atoms with Crippen molar-refractivity contribution in [2.24, 2.45) is 5.92 Å². The second-order valence-electron chi connectivity index (χ2n) is 21.0. The van der Waals surface area contributed by atoms with Crippen molar-refractivity contribution < 1.29 is 97.2 Å². The van der Waals surface area contributed by atoms with E-state index in [9.17, 15) is 64.4 Å². The fourth-order valence-corrected chi connectivity index (χ4v) is 10.5. The zero-order valence-corrected chi connectivity index (χ0v) is 46.9. The van der Waals surface area contributed by atoms with E-state index in [0.717, 1.165) is 50.7 Å². The van der Waals surface area contributed by atoms with E-state index in [1.807, 2.05) is 36.4 Å². The molecule has 5 heterocycles. The molecule has 0 radical (unpaired) electrons. The van der Waals surface area contributed by atoms with Gasteiger partial charge in [0, 0.05) is 69.1 Å². The molecular weight excluding hydrogens is 1130 g/mol. The van der Waals surface area contributed by atoms with Crippen molar-refractivity contribution in [2.45, 2.75) is 119 Å². The van der Waals surface area contributed by atoms with Gasteiger partial charge in [0.1, 0.15) is 97.3 Å². The van der Waals surface area contributed by atoms with Crippen LogP contribution in [0.2, 0.25) is 0 Å². The quantitative estimate of drug-likeness (QED) is 0.0266. The Labute approximate surface area is 485 Å². The lowest BCUT2D eigenvalue weighted by Crippen LogP contribution is -2.62. The number of aromatic nitrogens is 6. The number of amides is 1. The van der Waals surface area contributed by atoms with Gasteiger partial charge < -0.3 is 88.7 Å². The minimum atomic E-state index is -2.45. The van der Waals surface area contributed by atoms with Crippen LogP contribution in [0.15, 0.2) is 90.5 Å². The number of aliphatic hydroxyl groups is 8. The van der Waals surface area contributed by atoms with Crippen LogP contribution in [-0.2, 0) is 50.2 Å². The van der Waals surface area contributed by atoms with Gasteiger partial charge >= 0.3 is 17.8 Å². The number of esters is 1. The Morgan fingerprint density at radius 2 is 1.51 bits per heavy atom. The number of carbonyl (C=O) groups is 3. The average Bonchev–Trinajstić information content (AvgIpc) is 2.17. The van der Waals surface area contributed by atoms with Gasteiger partial charge in [0.2, 0.25) is 6.29 Å². The van der Waals surface area contributed by atoms with Crippen molar-refractivity contribution in [3.05, 3.63) is 113 Å². The van der Waals surface area contributed by atoms with E-state index in [2.05, 4.69) is 25.0 Å². The lowest BCUT2D eigenvalue weighted by atomic mass is 9.87. The minimum Gasteiger partial charge on any atom is -0.493 e.